The molecule has 1 aliphatic rings. The zero-order valence-electron chi connectivity index (χ0n) is 20.7. The molecule has 0 aliphatic carbocycles. The van der Waals surface area contributed by atoms with Crippen LogP contribution in [0.5, 0.6) is 0 Å². The lowest BCUT2D eigenvalue weighted by molar-refractivity contribution is -0.131. The van der Waals surface area contributed by atoms with Crippen molar-refractivity contribution in [3.8, 4) is 6.07 Å². The van der Waals surface area contributed by atoms with Crippen LogP contribution in [0.2, 0.25) is 0 Å². The number of nitrogens with one attached hydrogen (secondary N) is 3. The van der Waals surface area contributed by atoms with Gasteiger partial charge in [0.1, 0.15) is 5.54 Å². The van der Waals surface area contributed by atoms with Gasteiger partial charge in [0, 0.05) is 26.1 Å². The van der Waals surface area contributed by atoms with E-state index in [0.29, 0.717) is 19.5 Å². The number of nitrogens with zero attached hydrogens (tertiary/aromatic N) is 2. The van der Waals surface area contributed by atoms with Crippen molar-refractivity contribution >= 4 is 18.0 Å². The number of carbonyl (C=O) groups excluding carboxylic acids is 3. The maximum Gasteiger partial charge on any atom is 0.408 e. The maximum absolute atomic E-state index is 13.1. The summed E-state index contributed by atoms with van der Waals surface area (Å²) in [5.41, 5.74) is 0.615. The standard InChI is InChI=1S/C27H33N5O4/c1-20(2)15-23(36-26(35)30-17-22-11-7-4-8-12-22)24(33)31-27(18-28)13-14-32(19-27)25(34)29-16-21-9-5-3-6-10-21/h3-12,20,23H,13-17,19H2,1-2H3,(H,29,34)(H,30,35)(H,31,33)/t23-,27?/m0/s1. The lowest BCUT2D eigenvalue weighted by Crippen LogP contribution is -2.54. The third-order valence-electron chi connectivity index (χ3n) is 5.93. The number of carbonyl (C=O) groups is 3. The van der Waals surface area contributed by atoms with Crippen LogP contribution < -0.4 is 16.0 Å². The second-order valence-corrected chi connectivity index (χ2v) is 9.36. The smallest absolute Gasteiger partial charge is 0.408 e. The molecule has 36 heavy (non-hydrogen) atoms. The lowest BCUT2D eigenvalue weighted by atomic mass is 9.99. The summed E-state index contributed by atoms with van der Waals surface area (Å²) in [7, 11) is 0. The average Bonchev–Trinajstić information content (AvgIpc) is 3.31. The Morgan fingerprint density at radius 3 is 2.14 bits per heavy atom. The first kappa shape index (κ1) is 26.5. The first-order valence-electron chi connectivity index (χ1n) is 12.1. The fraction of sp³-hybridized carbons (Fsp3) is 0.407. The molecule has 190 valence electrons. The van der Waals surface area contributed by atoms with E-state index in [1.807, 2.05) is 74.5 Å². The molecule has 2 aromatic carbocycles. The average molecular weight is 492 g/mol. The van der Waals surface area contributed by atoms with Crippen molar-refractivity contribution in [3.05, 3.63) is 71.8 Å². The predicted molar refractivity (Wildman–Crippen MR) is 134 cm³/mol. The van der Waals surface area contributed by atoms with Crippen molar-refractivity contribution in [2.45, 2.75) is 51.4 Å². The summed E-state index contributed by atoms with van der Waals surface area (Å²) in [5, 5.41) is 18.1. The second kappa shape index (κ2) is 12.6. The van der Waals surface area contributed by atoms with E-state index < -0.39 is 23.6 Å². The highest BCUT2D eigenvalue weighted by atomic mass is 16.6. The molecule has 0 aromatic heterocycles. The van der Waals surface area contributed by atoms with Gasteiger partial charge in [0.2, 0.25) is 0 Å². The van der Waals surface area contributed by atoms with Gasteiger partial charge in [0.05, 0.1) is 12.6 Å². The molecular formula is C27H33N5O4. The van der Waals surface area contributed by atoms with Crippen LogP contribution in [0.1, 0.15) is 37.8 Å². The summed E-state index contributed by atoms with van der Waals surface area (Å²) in [4.78, 5) is 39.6. The number of amides is 4. The molecule has 3 rings (SSSR count). The Hall–Kier alpha value is -4.06. The molecule has 1 aliphatic heterocycles. The molecule has 0 bridgehead atoms. The summed E-state index contributed by atoms with van der Waals surface area (Å²) >= 11 is 0. The number of nitriles is 1. The number of likely N-dealkylation sites (tertiary alicyclic amines) is 1. The van der Waals surface area contributed by atoms with Gasteiger partial charge in [-0.05, 0) is 23.5 Å². The van der Waals surface area contributed by atoms with Gasteiger partial charge in [-0.15, -0.1) is 0 Å². The summed E-state index contributed by atoms with van der Waals surface area (Å²) in [6, 6.07) is 20.7. The van der Waals surface area contributed by atoms with E-state index >= 15 is 0 Å². The molecule has 2 atom stereocenters. The van der Waals surface area contributed by atoms with Crippen molar-refractivity contribution in [2.75, 3.05) is 13.1 Å². The summed E-state index contributed by atoms with van der Waals surface area (Å²) in [6.07, 6.45) is -1.19. The van der Waals surface area contributed by atoms with Gasteiger partial charge in [-0.2, -0.15) is 5.26 Å². The Labute approximate surface area is 211 Å². The Bertz CT molecular complexity index is 1070. The van der Waals surface area contributed by atoms with Crippen molar-refractivity contribution in [1.29, 1.82) is 5.26 Å². The van der Waals surface area contributed by atoms with Gasteiger partial charge in [0.25, 0.3) is 5.91 Å². The third kappa shape index (κ3) is 7.73. The second-order valence-electron chi connectivity index (χ2n) is 9.36. The highest BCUT2D eigenvalue weighted by Crippen LogP contribution is 2.22. The Kier molecular flexibility index (Phi) is 9.28. The molecule has 9 heteroatoms. The van der Waals surface area contributed by atoms with Crippen molar-refractivity contribution < 1.29 is 19.1 Å². The van der Waals surface area contributed by atoms with Gasteiger partial charge < -0.3 is 25.6 Å². The Balaban J connectivity index is 1.56. The van der Waals surface area contributed by atoms with Gasteiger partial charge in [-0.1, -0.05) is 74.5 Å². The minimum Gasteiger partial charge on any atom is -0.436 e. The van der Waals surface area contributed by atoms with Crippen molar-refractivity contribution in [2.24, 2.45) is 5.92 Å². The molecule has 1 heterocycles. The highest BCUT2D eigenvalue weighted by Gasteiger charge is 2.43. The highest BCUT2D eigenvalue weighted by molar-refractivity contribution is 5.85. The number of benzene rings is 2. The van der Waals surface area contributed by atoms with Gasteiger partial charge >= 0.3 is 12.1 Å². The third-order valence-corrected chi connectivity index (χ3v) is 5.93. The number of ether oxygens (including phenoxy) is 1. The first-order valence-corrected chi connectivity index (χ1v) is 12.1. The number of hydrogen-bond acceptors (Lipinski definition) is 5. The molecule has 9 nitrogen and oxygen atoms in total. The molecule has 2 aromatic rings. The lowest BCUT2D eigenvalue weighted by Gasteiger charge is -2.27. The molecule has 3 N–H and O–H groups in total. The fourth-order valence-corrected chi connectivity index (χ4v) is 3.98. The van der Waals surface area contributed by atoms with Crippen LogP contribution in [0.25, 0.3) is 0 Å². The van der Waals surface area contributed by atoms with E-state index in [9.17, 15) is 19.6 Å². The zero-order valence-corrected chi connectivity index (χ0v) is 20.7. The maximum atomic E-state index is 13.1. The molecule has 0 radical (unpaired) electrons. The van der Waals surface area contributed by atoms with Gasteiger partial charge in [-0.3, -0.25) is 4.79 Å². The van der Waals surface area contributed by atoms with Crippen LogP contribution in [0.3, 0.4) is 0 Å². The number of rotatable bonds is 9. The number of alkyl carbamates (subject to hydrolysis) is 1. The normalized spacial score (nSPS) is 17.7. The van der Waals surface area contributed by atoms with E-state index in [4.69, 9.17) is 4.74 Å². The summed E-state index contributed by atoms with van der Waals surface area (Å²) in [6.45, 7) is 4.83. The first-order chi connectivity index (χ1) is 17.3. The molecule has 1 saturated heterocycles. The summed E-state index contributed by atoms with van der Waals surface area (Å²) < 4.78 is 5.44. The van der Waals surface area contributed by atoms with Crippen LogP contribution in [-0.2, 0) is 22.6 Å². The predicted octanol–water partition coefficient (Wildman–Crippen LogP) is 3.32. The van der Waals surface area contributed by atoms with Gasteiger partial charge in [0.15, 0.2) is 6.10 Å². The van der Waals surface area contributed by atoms with Gasteiger partial charge in [-0.25, -0.2) is 9.59 Å². The molecule has 0 saturated carbocycles. The minimum atomic E-state index is -1.25. The quantitative estimate of drug-likeness (QED) is 0.497. The Morgan fingerprint density at radius 2 is 1.58 bits per heavy atom. The van der Waals surface area contributed by atoms with E-state index in [2.05, 4.69) is 22.0 Å². The monoisotopic (exact) mass is 491 g/mol. The Morgan fingerprint density at radius 1 is 1.00 bits per heavy atom. The molecule has 1 fully saturated rings. The van der Waals surface area contributed by atoms with Crippen LogP contribution in [0.15, 0.2) is 60.7 Å². The molecular weight excluding hydrogens is 458 g/mol. The molecule has 1 unspecified atom stereocenters. The fourth-order valence-electron chi connectivity index (χ4n) is 3.98. The molecule has 4 amide bonds. The van der Waals surface area contributed by atoms with Crippen LogP contribution in [0.4, 0.5) is 9.59 Å². The van der Waals surface area contributed by atoms with E-state index in [1.54, 1.807) is 0 Å². The number of urea groups is 1. The zero-order chi connectivity index (χ0) is 26.0. The minimum absolute atomic E-state index is 0.0461. The van der Waals surface area contributed by atoms with E-state index in [0.717, 1.165) is 11.1 Å². The van der Waals surface area contributed by atoms with E-state index in [-0.39, 0.29) is 31.5 Å². The van der Waals surface area contributed by atoms with Crippen molar-refractivity contribution in [1.82, 2.24) is 20.9 Å². The number of hydrogen-bond donors (Lipinski definition) is 3. The van der Waals surface area contributed by atoms with E-state index in [1.165, 1.54) is 4.90 Å². The topological polar surface area (TPSA) is 124 Å². The van der Waals surface area contributed by atoms with Crippen LogP contribution in [0, 0.1) is 17.2 Å². The molecule has 0 spiro atoms. The van der Waals surface area contributed by atoms with Crippen LogP contribution in [-0.4, -0.2) is 47.7 Å². The van der Waals surface area contributed by atoms with Crippen LogP contribution >= 0.6 is 0 Å². The summed E-state index contributed by atoms with van der Waals surface area (Å²) in [5.74, 6) is -0.476. The van der Waals surface area contributed by atoms with Crippen molar-refractivity contribution in [3.63, 3.8) is 0 Å². The largest absolute Gasteiger partial charge is 0.436 e. The SMILES string of the molecule is CC(C)C[C@H](OC(=O)NCc1ccccc1)C(=O)NC1(C#N)CCN(C(=O)NCc2ccccc2)C1.